The monoisotopic (exact) mass is 463 g/mol. The summed E-state index contributed by atoms with van der Waals surface area (Å²) in [4.78, 5) is 21.0. The van der Waals surface area contributed by atoms with Crippen LogP contribution in [0, 0.1) is 25.7 Å². The van der Waals surface area contributed by atoms with Gasteiger partial charge in [0.15, 0.2) is 0 Å². The average molecular weight is 463 g/mol. The molecule has 172 valence electrons. The Labute approximate surface area is 194 Å². The van der Waals surface area contributed by atoms with E-state index in [1.807, 2.05) is 14.0 Å². The number of rotatable bonds is 3. The zero-order chi connectivity index (χ0) is 24.5. The Hall–Kier alpha value is -4.32. The number of imidazole rings is 2. The predicted octanol–water partition coefficient (Wildman–Crippen LogP) is 4.89. The number of benzene rings is 2. The number of carbonyl (C=O) groups is 1. The largest absolute Gasteiger partial charge is 0.416 e. The molecule has 0 unspecified atom stereocenters. The van der Waals surface area contributed by atoms with E-state index in [1.54, 1.807) is 48.4 Å². The molecule has 2 heterocycles. The van der Waals surface area contributed by atoms with E-state index in [0.29, 0.717) is 17.0 Å². The molecule has 0 atom stereocenters. The van der Waals surface area contributed by atoms with Crippen molar-refractivity contribution in [2.45, 2.75) is 20.0 Å². The van der Waals surface area contributed by atoms with Crippen LogP contribution >= 0.6 is 0 Å². The van der Waals surface area contributed by atoms with Crippen molar-refractivity contribution < 1.29 is 18.0 Å². The quantitative estimate of drug-likeness (QED) is 0.440. The number of alkyl halides is 3. The summed E-state index contributed by atoms with van der Waals surface area (Å²) in [6.07, 6.45) is 1.71. The number of nitrogens with zero attached hydrogens (tertiary/aromatic N) is 4. The van der Waals surface area contributed by atoms with E-state index in [1.165, 1.54) is 17.0 Å². The summed E-state index contributed by atoms with van der Waals surface area (Å²) in [7, 11) is 1.82. The van der Waals surface area contributed by atoms with Crippen molar-refractivity contribution in [2.24, 2.45) is 7.05 Å². The fraction of sp³-hybridized carbons (Fsp3) is 0.160. The van der Waals surface area contributed by atoms with Gasteiger partial charge in [-0.05, 0) is 55.7 Å². The van der Waals surface area contributed by atoms with Crippen molar-refractivity contribution in [1.82, 2.24) is 19.1 Å². The zero-order valence-corrected chi connectivity index (χ0v) is 18.6. The molecule has 34 heavy (non-hydrogen) atoms. The van der Waals surface area contributed by atoms with Crippen molar-refractivity contribution in [2.75, 3.05) is 5.32 Å². The Bertz CT molecular complexity index is 1440. The number of aryl methyl sites for hydroxylation is 3. The average Bonchev–Trinajstić information content (AvgIpc) is 3.40. The highest BCUT2D eigenvalue weighted by molar-refractivity contribution is 6.04. The summed E-state index contributed by atoms with van der Waals surface area (Å²) in [6.45, 7) is 3.60. The molecular formula is C25H20F3N5O. The molecule has 0 aliphatic rings. The number of hydrogen-bond acceptors (Lipinski definition) is 3. The van der Waals surface area contributed by atoms with Crippen molar-refractivity contribution in [1.29, 1.82) is 0 Å². The molecule has 0 saturated carbocycles. The van der Waals surface area contributed by atoms with E-state index >= 15 is 0 Å². The number of carbonyl (C=O) groups excluding carboxylic acids is 1. The molecule has 4 aromatic rings. The summed E-state index contributed by atoms with van der Waals surface area (Å²) in [5, 5.41) is 2.58. The Balaban J connectivity index is 1.65. The van der Waals surface area contributed by atoms with E-state index in [-0.39, 0.29) is 16.9 Å². The van der Waals surface area contributed by atoms with Gasteiger partial charge in [-0.2, -0.15) is 13.2 Å². The third-order valence-electron chi connectivity index (χ3n) is 5.15. The Morgan fingerprint density at radius 3 is 2.50 bits per heavy atom. The first-order chi connectivity index (χ1) is 16.1. The van der Waals surface area contributed by atoms with Crippen LogP contribution in [0.25, 0.3) is 5.69 Å². The van der Waals surface area contributed by atoms with Crippen molar-refractivity contribution in [3.05, 3.63) is 95.1 Å². The predicted molar refractivity (Wildman–Crippen MR) is 122 cm³/mol. The molecule has 1 N–H and O–H groups in total. The first-order valence-corrected chi connectivity index (χ1v) is 10.2. The highest BCUT2D eigenvalue weighted by Crippen LogP contribution is 2.33. The van der Waals surface area contributed by atoms with Crippen LogP contribution in [-0.2, 0) is 13.2 Å². The second kappa shape index (κ2) is 8.90. The zero-order valence-electron chi connectivity index (χ0n) is 18.6. The molecule has 6 nitrogen and oxygen atoms in total. The lowest BCUT2D eigenvalue weighted by molar-refractivity contribution is -0.137. The number of amides is 1. The van der Waals surface area contributed by atoms with Gasteiger partial charge in [0.05, 0.1) is 30.1 Å². The molecule has 9 heteroatoms. The molecule has 2 aromatic heterocycles. The van der Waals surface area contributed by atoms with Gasteiger partial charge in [0.1, 0.15) is 5.69 Å². The molecule has 0 aliphatic heterocycles. The third-order valence-corrected chi connectivity index (χ3v) is 5.15. The van der Waals surface area contributed by atoms with Gasteiger partial charge in [-0.25, -0.2) is 9.97 Å². The maximum Gasteiger partial charge on any atom is 0.416 e. The van der Waals surface area contributed by atoms with Gasteiger partial charge >= 0.3 is 6.18 Å². The molecule has 4 rings (SSSR count). The van der Waals surface area contributed by atoms with Crippen LogP contribution in [0.15, 0.2) is 61.4 Å². The van der Waals surface area contributed by atoms with E-state index in [4.69, 9.17) is 0 Å². The topological polar surface area (TPSA) is 64.7 Å². The third kappa shape index (κ3) is 5.02. The minimum atomic E-state index is -4.58. The summed E-state index contributed by atoms with van der Waals surface area (Å²) in [6, 6.07) is 8.34. The van der Waals surface area contributed by atoms with Crippen LogP contribution in [0.1, 0.15) is 38.4 Å². The highest BCUT2D eigenvalue weighted by Gasteiger charge is 2.31. The highest BCUT2D eigenvalue weighted by atomic mass is 19.4. The molecular weight excluding hydrogens is 443 g/mol. The lowest BCUT2D eigenvalue weighted by Crippen LogP contribution is -2.14. The fourth-order valence-electron chi connectivity index (χ4n) is 3.27. The molecule has 0 saturated heterocycles. The smallest absolute Gasteiger partial charge is 0.327 e. The Morgan fingerprint density at radius 1 is 1.06 bits per heavy atom. The minimum Gasteiger partial charge on any atom is -0.327 e. The normalized spacial score (nSPS) is 11.1. The first kappa shape index (κ1) is 22.9. The van der Waals surface area contributed by atoms with Gasteiger partial charge in [0, 0.05) is 35.7 Å². The molecule has 2 aromatic carbocycles. The van der Waals surface area contributed by atoms with Gasteiger partial charge in [0.25, 0.3) is 5.91 Å². The van der Waals surface area contributed by atoms with Crippen molar-refractivity contribution >= 4 is 11.6 Å². The van der Waals surface area contributed by atoms with Gasteiger partial charge in [-0.3, -0.25) is 4.79 Å². The van der Waals surface area contributed by atoms with Gasteiger partial charge in [0.2, 0.25) is 0 Å². The summed E-state index contributed by atoms with van der Waals surface area (Å²) in [5.74, 6) is 5.48. The number of anilines is 1. The second-order valence-electron chi connectivity index (χ2n) is 7.81. The number of nitrogens with one attached hydrogen (secondary N) is 1. The van der Waals surface area contributed by atoms with E-state index in [9.17, 15) is 18.0 Å². The van der Waals surface area contributed by atoms with Crippen LogP contribution in [0.2, 0.25) is 0 Å². The number of aromatic nitrogens is 4. The lowest BCUT2D eigenvalue weighted by Gasteiger charge is -2.14. The lowest BCUT2D eigenvalue weighted by atomic mass is 10.0. The molecule has 0 aliphatic carbocycles. The standard InChI is InChI=1S/C25H20F3N5O/c1-16-4-5-19(8-18(16)6-7-22-12-29-14-32(22)3)24(34)31-21-9-20(25(26,27)28)10-23(11-21)33-13-17(2)30-15-33/h4-5,8-15H,1-3H3,(H,31,34). The van der Waals surface area contributed by atoms with E-state index in [2.05, 4.69) is 27.1 Å². The molecule has 0 bridgehead atoms. The van der Waals surface area contributed by atoms with Gasteiger partial charge < -0.3 is 14.5 Å². The van der Waals surface area contributed by atoms with Crippen LogP contribution in [0.4, 0.5) is 18.9 Å². The second-order valence-corrected chi connectivity index (χ2v) is 7.81. The van der Waals surface area contributed by atoms with Crippen LogP contribution in [0.3, 0.4) is 0 Å². The minimum absolute atomic E-state index is 0.0178. The Kier molecular flexibility index (Phi) is 5.99. The number of hydrogen-bond donors (Lipinski definition) is 1. The van der Waals surface area contributed by atoms with Crippen molar-refractivity contribution in [3.63, 3.8) is 0 Å². The maximum atomic E-state index is 13.5. The maximum absolute atomic E-state index is 13.5. The summed E-state index contributed by atoms with van der Waals surface area (Å²) in [5.41, 5.74) is 2.51. The van der Waals surface area contributed by atoms with Crippen LogP contribution < -0.4 is 5.32 Å². The van der Waals surface area contributed by atoms with Crippen LogP contribution in [-0.4, -0.2) is 25.0 Å². The van der Waals surface area contributed by atoms with Gasteiger partial charge in [-0.15, -0.1) is 0 Å². The molecule has 0 fully saturated rings. The summed E-state index contributed by atoms with van der Waals surface area (Å²) < 4.78 is 43.7. The van der Waals surface area contributed by atoms with Gasteiger partial charge in [-0.1, -0.05) is 12.0 Å². The molecule has 0 spiro atoms. The van der Waals surface area contributed by atoms with E-state index < -0.39 is 17.6 Å². The Morgan fingerprint density at radius 2 is 1.85 bits per heavy atom. The number of halogens is 3. The molecule has 0 radical (unpaired) electrons. The fourth-order valence-corrected chi connectivity index (χ4v) is 3.27. The SMILES string of the molecule is Cc1cn(-c2cc(NC(=O)c3ccc(C)c(C#Cc4cncn4C)c3)cc(C(F)(F)F)c2)cn1. The summed E-state index contributed by atoms with van der Waals surface area (Å²) >= 11 is 0. The molecule has 1 amide bonds. The van der Waals surface area contributed by atoms with Crippen LogP contribution in [0.5, 0.6) is 0 Å². The van der Waals surface area contributed by atoms with E-state index in [0.717, 1.165) is 17.7 Å². The van der Waals surface area contributed by atoms with Crippen molar-refractivity contribution in [3.8, 4) is 17.5 Å². The first-order valence-electron chi connectivity index (χ1n) is 10.2.